The van der Waals surface area contributed by atoms with Crippen molar-refractivity contribution in [2.45, 2.75) is 13.1 Å². The van der Waals surface area contributed by atoms with E-state index in [-0.39, 0.29) is 10.2 Å². The zero-order valence-electron chi connectivity index (χ0n) is 7.65. The van der Waals surface area contributed by atoms with Gasteiger partial charge in [0.05, 0.1) is 11.3 Å². The third-order valence-corrected chi connectivity index (χ3v) is 2.28. The summed E-state index contributed by atoms with van der Waals surface area (Å²) in [7, 11) is 0. The van der Waals surface area contributed by atoms with E-state index in [1.54, 1.807) is 0 Å². The summed E-state index contributed by atoms with van der Waals surface area (Å²) in [6.45, 7) is 1.15. The highest BCUT2D eigenvalue weighted by molar-refractivity contribution is 9.10. The summed E-state index contributed by atoms with van der Waals surface area (Å²) in [6, 6.07) is 3.61. The number of nitrogens with one attached hydrogen (secondary N) is 1. The molecule has 0 aromatic heterocycles. The lowest BCUT2D eigenvalue weighted by atomic mass is 10.1. The highest BCUT2D eigenvalue weighted by Gasteiger charge is 2.34. The lowest BCUT2D eigenvalue weighted by Gasteiger charge is -2.14. The Morgan fingerprint density at radius 2 is 2.00 bits per heavy atom. The Bertz CT molecular complexity index is 389. The Kier molecular flexibility index (Phi) is 3.38. The van der Waals surface area contributed by atoms with Crippen molar-refractivity contribution in [3.05, 3.63) is 28.2 Å². The summed E-state index contributed by atoms with van der Waals surface area (Å²) in [6.07, 6.45) is -4.48. The van der Waals surface area contributed by atoms with E-state index in [1.807, 2.05) is 0 Å². The lowest BCUT2D eigenvalue weighted by molar-refractivity contribution is -0.137. The minimum Gasteiger partial charge on any atom is -0.325 e. The first-order valence-corrected chi connectivity index (χ1v) is 4.75. The molecule has 0 bridgehead atoms. The normalized spacial score (nSPS) is 11.3. The molecular formula is C9H7BrF3NO. The SMILES string of the molecule is CC(=O)Nc1c(Br)cccc1C(F)(F)F. The molecule has 1 amide bonds. The minimum atomic E-state index is -4.48. The summed E-state index contributed by atoms with van der Waals surface area (Å²) in [5.74, 6) is -0.549. The number of benzene rings is 1. The molecule has 1 aromatic carbocycles. The van der Waals surface area contributed by atoms with Crippen molar-refractivity contribution in [1.29, 1.82) is 0 Å². The van der Waals surface area contributed by atoms with E-state index < -0.39 is 17.6 Å². The van der Waals surface area contributed by atoms with E-state index in [4.69, 9.17) is 0 Å². The summed E-state index contributed by atoms with van der Waals surface area (Å²) in [5.41, 5.74) is -1.12. The van der Waals surface area contributed by atoms with Crippen LogP contribution in [0.5, 0.6) is 0 Å². The van der Waals surface area contributed by atoms with E-state index >= 15 is 0 Å². The molecule has 0 aliphatic heterocycles. The largest absolute Gasteiger partial charge is 0.418 e. The smallest absolute Gasteiger partial charge is 0.325 e. The fraction of sp³-hybridized carbons (Fsp3) is 0.222. The molecule has 0 aliphatic carbocycles. The molecule has 82 valence electrons. The first-order chi connectivity index (χ1) is 6.82. The van der Waals surface area contributed by atoms with Gasteiger partial charge in [-0.2, -0.15) is 13.2 Å². The van der Waals surface area contributed by atoms with Gasteiger partial charge in [-0.1, -0.05) is 6.07 Å². The van der Waals surface area contributed by atoms with Crippen LogP contribution in [-0.2, 0) is 11.0 Å². The fourth-order valence-electron chi connectivity index (χ4n) is 1.06. The number of anilines is 1. The van der Waals surface area contributed by atoms with Crippen molar-refractivity contribution in [2.75, 3.05) is 5.32 Å². The van der Waals surface area contributed by atoms with Crippen LogP contribution in [0.3, 0.4) is 0 Å². The molecular weight excluding hydrogens is 275 g/mol. The third-order valence-electron chi connectivity index (χ3n) is 1.62. The molecule has 0 heterocycles. The average Bonchev–Trinajstić information content (AvgIpc) is 2.05. The van der Waals surface area contributed by atoms with Crippen LogP contribution in [0, 0.1) is 0 Å². The summed E-state index contributed by atoms with van der Waals surface area (Å²) < 4.78 is 37.7. The monoisotopic (exact) mass is 281 g/mol. The molecule has 6 heteroatoms. The maximum atomic E-state index is 12.5. The molecule has 2 nitrogen and oxygen atoms in total. The molecule has 0 fully saturated rings. The van der Waals surface area contributed by atoms with Gasteiger partial charge < -0.3 is 5.32 Å². The molecule has 0 aliphatic rings. The number of halogens is 4. The Hall–Kier alpha value is -1.04. The lowest BCUT2D eigenvalue weighted by Crippen LogP contribution is -2.14. The van der Waals surface area contributed by atoms with Gasteiger partial charge >= 0.3 is 6.18 Å². The second-order valence-electron chi connectivity index (χ2n) is 2.84. The number of amides is 1. The number of hydrogen-bond donors (Lipinski definition) is 1. The van der Waals surface area contributed by atoms with Gasteiger partial charge in [0, 0.05) is 11.4 Å². The number of rotatable bonds is 1. The van der Waals surface area contributed by atoms with Gasteiger partial charge in [-0.15, -0.1) is 0 Å². The quantitative estimate of drug-likeness (QED) is 0.840. The number of alkyl halides is 3. The van der Waals surface area contributed by atoms with Gasteiger partial charge in [-0.25, -0.2) is 0 Å². The second kappa shape index (κ2) is 4.22. The minimum absolute atomic E-state index is 0.201. The predicted octanol–water partition coefficient (Wildman–Crippen LogP) is 3.43. The molecule has 1 aromatic rings. The van der Waals surface area contributed by atoms with Crippen LogP contribution in [-0.4, -0.2) is 5.91 Å². The maximum Gasteiger partial charge on any atom is 0.418 e. The second-order valence-corrected chi connectivity index (χ2v) is 3.70. The first-order valence-electron chi connectivity index (χ1n) is 3.95. The van der Waals surface area contributed by atoms with Crippen LogP contribution in [0.4, 0.5) is 18.9 Å². The van der Waals surface area contributed by atoms with Crippen molar-refractivity contribution in [3.8, 4) is 0 Å². The van der Waals surface area contributed by atoms with Crippen LogP contribution < -0.4 is 5.32 Å². The van der Waals surface area contributed by atoms with Crippen LogP contribution in [0.1, 0.15) is 12.5 Å². The van der Waals surface area contributed by atoms with Gasteiger partial charge in [0.1, 0.15) is 0 Å². The molecule has 15 heavy (non-hydrogen) atoms. The van der Waals surface area contributed by atoms with Crippen LogP contribution in [0.25, 0.3) is 0 Å². The molecule has 0 unspecified atom stereocenters. The van der Waals surface area contributed by atoms with E-state index in [2.05, 4.69) is 21.2 Å². The fourth-order valence-corrected chi connectivity index (χ4v) is 1.53. The zero-order valence-corrected chi connectivity index (χ0v) is 9.24. The van der Waals surface area contributed by atoms with Crippen LogP contribution >= 0.6 is 15.9 Å². The average molecular weight is 282 g/mol. The van der Waals surface area contributed by atoms with E-state index in [0.717, 1.165) is 13.0 Å². The number of carbonyl (C=O) groups excluding carboxylic acids is 1. The van der Waals surface area contributed by atoms with E-state index in [1.165, 1.54) is 12.1 Å². The van der Waals surface area contributed by atoms with Gasteiger partial charge in [0.15, 0.2) is 0 Å². The first kappa shape index (κ1) is 12.0. The van der Waals surface area contributed by atoms with Gasteiger partial charge in [0.2, 0.25) is 5.91 Å². The third kappa shape index (κ3) is 2.95. The van der Waals surface area contributed by atoms with Crippen LogP contribution in [0.2, 0.25) is 0 Å². The van der Waals surface area contributed by atoms with E-state index in [0.29, 0.717) is 0 Å². The number of hydrogen-bond acceptors (Lipinski definition) is 1. The highest BCUT2D eigenvalue weighted by Crippen LogP contribution is 2.38. The summed E-state index contributed by atoms with van der Waals surface area (Å²) >= 11 is 2.95. The van der Waals surface area contributed by atoms with Gasteiger partial charge in [0.25, 0.3) is 0 Å². The van der Waals surface area contributed by atoms with Crippen molar-refractivity contribution < 1.29 is 18.0 Å². The topological polar surface area (TPSA) is 29.1 Å². The Morgan fingerprint density at radius 1 is 1.40 bits per heavy atom. The molecule has 0 saturated carbocycles. The summed E-state index contributed by atoms with van der Waals surface area (Å²) in [5, 5.41) is 2.14. The number of para-hydroxylation sites is 1. The maximum absolute atomic E-state index is 12.5. The van der Waals surface area contributed by atoms with Crippen molar-refractivity contribution in [1.82, 2.24) is 0 Å². The molecule has 0 saturated heterocycles. The zero-order chi connectivity index (χ0) is 11.6. The van der Waals surface area contributed by atoms with Gasteiger partial charge in [-0.3, -0.25) is 4.79 Å². The Morgan fingerprint density at radius 3 is 2.47 bits per heavy atom. The Labute approximate surface area is 92.6 Å². The molecule has 0 spiro atoms. The van der Waals surface area contributed by atoms with Crippen molar-refractivity contribution in [2.24, 2.45) is 0 Å². The predicted molar refractivity (Wildman–Crippen MR) is 53.4 cm³/mol. The molecule has 1 N–H and O–H groups in total. The number of carbonyl (C=O) groups is 1. The van der Waals surface area contributed by atoms with E-state index in [9.17, 15) is 18.0 Å². The molecule has 1 rings (SSSR count). The van der Waals surface area contributed by atoms with Crippen molar-refractivity contribution >= 4 is 27.5 Å². The van der Waals surface area contributed by atoms with Crippen molar-refractivity contribution in [3.63, 3.8) is 0 Å². The molecule has 0 radical (unpaired) electrons. The van der Waals surface area contributed by atoms with Crippen LogP contribution in [0.15, 0.2) is 22.7 Å². The van der Waals surface area contributed by atoms with Gasteiger partial charge in [-0.05, 0) is 28.1 Å². The Balaban J connectivity index is 3.26. The highest BCUT2D eigenvalue weighted by atomic mass is 79.9. The summed E-state index contributed by atoms with van der Waals surface area (Å²) in [4.78, 5) is 10.7. The molecule has 0 atom stereocenters. The standard InChI is InChI=1S/C9H7BrF3NO/c1-5(15)14-8-6(9(11,12)13)3-2-4-7(8)10/h2-4H,1H3,(H,14,15).